The molecule has 4 rings (SSSR count). The van der Waals surface area contributed by atoms with Crippen LogP contribution in [0.1, 0.15) is 5.69 Å². The molecule has 8 heteroatoms. The maximum atomic E-state index is 13.3. The third-order valence-corrected chi connectivity index (χ3v) is 5.27. The predicted octanol–water partition coefficient (Wildman–Crippen LogP) is 3.09. The van der Waals surface area contributed by atoms with Crippen LogP contribution >= 0.6 is 11.6 Å². The summed E-state index contributed by atoms with van der Waals surface area (Å²) in [7, 11) is 1.76. The summed E-state index contributed by atoms with van der Waals surface area (Å²) >= 11 is 5.88. The molecule has 0 fully saturated rings. The number of amides is 1. The smallest absolute Gasteiger partial charge is 0.336 e. The van der Waals surface area contributed by atoms with Crippen molar-refractivity contribution in [2.75, 3.05) is 5.32 Å². The molecule has 0 saturated heterocycles. The number of nitrogens with zero attached hydrogens (tertiary/aromatic N) is 3. The third kappa shape index (κ3) is 3.44. The van der Waals surface area contributed by atoms with Crippen molar-refractivity contribution in [2.45, 2.75) is 13.5 Å². The standard InChI is InChI=1S/C22H19ClN4O3/c1-14-12-18-20(25(14)2)21(29)27(17-6-4-3-5-7-17)22(30)26(18)13-19(28)24-16-10-8-15(23)9-11-16/h3-12H,13H2,1-2H3,(H,24,28). The zero-order chi connectivity index (χ0) is 21.4. The van der Waals surface area contributed by atoms with Crippen molar-refractivity contribution >= 4 is 34.2 Å². The molecule has 0 radical (unpaired) electrons. The highest BCUT2D eigenvalue weighted by Gasteiger charge is 2.20. The number of fused-ring (bicyclic) bond motifs is 1. The topological polar surface area (TPSA) is 78.0 Å². The molecular weight excluding hydrogens is 404 g/mol. The van der Waals surface area contributed by atoms with Crippen LogP contribution in [0, 0.1) is 6.92 Å². The molecule has 0 bridgehead atoms. The Kier molecular flexibility index (Phi) is 5.05. The van der Waals surface area contributed by atoms with Gasteiger partial charge in [0.1, 0.15) is 12.1 Å². The lowest BCUT2D eigenvalue weighted by Crippen LogP contribution is -2.41. The van der Waals surface area contributed by atoms with E-state index >= 15 is 0 Å². The monoisotopic (exact) mass is 422 g/mol. The number of aryl methyl sites for hydroxylation is 2. The second-order valence-corrected chi connectivity index (χ2v) is 7.41. The molecule has 30 heavy (non-hydrogen) atoms. The van der Waals surface area contributed by atoms with Gasteiger partial charge in [0, 0.05) is 23.5 Å². The Labute approximate surface area is 176 Å². The molecule has 0 atom stereocenters. The molecule has 1 N–H and O–H groups in total. The van der Waals surface area contributed by atoms with E-state index in [0.717, 1.165) is 10.3 Å². The number of hydrogen-bond donors (Lipinski definition) is 1. The third-order valence-electron chi connectivity index (χ3n) is 5.02. The Morgan fingerprint density at radius 2 is 1.70 bits per heavy atom. The van der Waals surface area contributed by atoms with Gasteiger partial charge in [-0.15, -0.1) is 0 Å². The number of anilines is 1. The molecule has 2 aromatic carbocycles. The predicted molar refractivity (Wildman–Crippen MR) is 118 cm³/mol. The van der Waals surface area contributed by atoms with Crippen LogP contribution in [0.25, 0.3) is 16.7 Å². The van der Waals surface area contributed by atoms with Crippen LogP contribution in [-0.4, -0.2) is 19.6 Å². The van der Waals surface area contributed by atoms with Gasteiger partial charge < -0.3 is 9.88 Å². The van der Waals surface area contributed by atoms with Crippen LogP contribution in [0.3, 0.4) is 0 Å². The van der Waals surface area contributed by atoms with Crippen molar-refractivity contribution in [1.82, 2.24) is 13.7 Å². The summed E-state index contributed by atoms with van der Waals surface area (Å²) in [6.07, 6.45) is 0. The fourth-order valence-electron chi connectivity index (χ4n) is 3.42. The quantitative estimate of drug-likeness (QED) is 0.549. The Bertz CT molecular complexity index is 1370. The number of hydrogen-bond acceptors (Lipinski definition) is 3. The molecule has 152 valence electrons. The molecule has 0 unspecified atom stereocenters. The number of para-hydroxylation sites is 1. The van der Waals surface area contributed by atoms with Gasteiger partial charge in [-0.1, -0.05) is 29.8 Å². The molecule has 1 amide bonds. The summed E-state index contributed by atoms with van der Waals surface area (Å²) in [5.74, 6) is -0.388. The maximum Gasteiger partial charge on any atom is 0.336 e. The maximum absolute atomic E-state index is 13.3. The van der Waals surface area contributed by atoms with Crippen LogP contribution in [0.2, 0.25) is 5.02 Å². The number of benzene rings is 2. The first-order valence-corrected chi connectivity index (χ1v) is 9.67. The summed E-state index contributed by atoms with van der Waals surface area (Å²) in [5, 5.41) is 3.31. The molecule has 4 aromatic rings. The minimum Gasteiger partial charge on any atom is -0.342 e. The van der Waals surface area contributed by atoms with Crippen molar-refractivity contribution in [3.63, 3.8) is 0 Å². The number of halogens is 1. The van der Waals surface area contributed by atoms with Crippen molar-refractivity contribution in [2.24, 2.45) is 7.05 Å². The van der Waals surface area contributed by atoms with Crippen LogP contribution in [0.4, 0.5) is 5.69 Å². The molecule has 0 aliphatic rings. The molecular formula is C22H19ClN4O3. The van der Waals surface area contributed by atoms with Gasteiger partial charge in [-0.05, 0) is 49.4 Å². The zero-order valence-corrected chi connectivity index (χ0v) is 17.2. The Balaban J connectivity index is 1.85. The summed E-state index contributed by atoms with van der Waals surface area (Å²) in [6, 6.07) is 17.1. The van der Waals surface area contributed by atoms with Crippen LogP contribution < -0.4 is 16.6 Å². The molecule has 2 heterocycles. The minimum absolute atomic E-state index is 0.242. The van der Waals surface area contributed by atoms with Crippen LogP contribution in [0.5, 0.6) is 0 Å². The molecule has 0 saturated carbocycles. The number of aromatic nitrogens is 3. The fraction of sp³-hybridized carbons (Fsp3) is 0.136. The zero-order valence-electron chi connectivity index (χ0n) is 16.4. The second-order valence-electron chi connectivity index (χ2n) is 6.98. The van der Waals surface area contributed by atoms with Gasteiger partial charge in [-0.2, -0.15) is 0 Å². The van der Waals surface area contributed by atoms with Crippen molar-refractivity contribution in [1.29, 1.82) is 0 Å². The average Bonchev–Trinajstić information content (AvgIpc) is 3.02. The Morgan fingerprint density at radius 1 is 1.03 bits per heavy atom. The lowest BCUT2D eigenvalue weighted by molar-refractivity contribution is -0.116. The largest absolute Gasteiger partial charge is 0.342 e. The van der Waals surface area contributed by atoms with E-state index in [2.05, 4.69) is 5.32 Å². The van der Waals surface area contributed by atoms with E-state index in [-0.39, 0.29) is 12.5 Å². The average molecular weight is 423 g/mol. The normalized spacial score (nSPS) is 11.0. The summed E-state index contributed by atoms with van der Waals surface area (Å²) in [4.78, 5) is 39.1. The Hall–Kier alpha value is -3.58. The van der Waals surface area contributed by atoms with E-state index in [9.17, 15) is 14.4 Å². The SMILES string of the molecule is Cc1cc2c(c(=O)n(-c3ccccc3)c(=O)n2CC(=O)Nc2ccc(Cl)cc2)n1C. The lowest BCUT2D eigenvalue weighted by Gasteiger charge is -2.13. The Morgan fingerprint density at radius 3 is 2.37 bits per heavy atom. The van der Waals surface area contributed by atoms with E-state index in [4.69, 9.17) is 11.6 Å². The lowest BCUT2D eigenvalue weighted by atomic mass is 10.3. The summed E-state index contributed by atoms with van der Waals surface area (Å²) < 4.78 is 4.14. The molecule has 2 aromatic heterocycles. The molecule has 0 aliphatic carbocycles. The van der Waals surface area contributed by atoms with Crippen molar-refractivity contribution in [3.05, 3.63) is 92.2 Å². The highest BCUT2D eigenvalue weighted by molar-refractivity contribution is 6.30. The van der Waals surface area contributed by atoms with Gasteiger partial charge in [-0.25, -0.2) is 9.36 Å². The van der Waals surface area contributed by atoms with E-state index in [1.807, 2.05) is 6.92 Å². The fourth-order valence-corrected chi connectivity index (χ4v) is 3.55. The number of rotatable bonds is 4. The number of carbonyl (C=O) groups excluding carboxylic acids is 1. The first-order chi connectivity index (χ1) is 14.4. The van der Waals surface area contributed by atoms with Crippen LogP contribution in [0.15, 0.2) is 70.3 Å². The van der Waals surface area contributed by atoms with E-state index in [0.29, 0.717) is 27.4 Å². The van der Waals surface area contributed by atoms with Crippen LogP contribution in [-0.2, 0) is 18.4 Å². The van der Waals surface area contributed by atoms with Gasteiger partial charge >= 0.3 is 5.69 Å². The minimum atomic E-state index is -0.574. The summed E-state index contributed by atoms with van der Waals surface area (Å²) in [6.45, 7) is 1.60. The van der Waals surface area contributed by atoms with Gasteiger partial charge in [-0.3, -0.25) is 14.2 Å². The first kappa shape index (κ1) is 19.7. The van der Waals surface area contributed by atoms with E-state index in [1.54, 1.807) is 72.3 Å². The van der Waals surface area contributed by atoms with Gasteiger partial charge in [0.2, 0.25) is 5.91 Å². The number of nitrogens with one attached hydrogen (secondary N) is 1. The first-order valence-electron chi connectivity index (χ1n) is 9.29. The molecule has 0 spiro atoms. The highest BCUT2D eigenvalue weighted by Crippen LogP contribution is 2.16. The second kappa shape index (κ2) is 7.68. The molecule has 7 nitrogen and oxygen atoms in total. The summed E-state index contributed by atoms with van der Waals surface area (Å²) in [5.41, 5.74) is 1.59. The van der Waals surface area contributed by atoms with Gasteiger partial charge in [0.15, 0.2) is 0 Å². The van der Waals surface area contributed by atoms with Crippen molar-refractivity contribution < 1.29 is 4.79 Å². The highest BCUT2D eigenvalue weighted by atomic mass is 35.5. The van der Waals surface area contributed by atoms with Gasteiger partial charge in [0.05, 0.1) is 11.2 Å². The van der Waals surface area contributed by atoms with E-state index < -0.39 is 11.2 Å². The molecule has 0 aliphatic heterocycles. The van der Waals surface area contributed by atoms with Gasteiger partial charge in [0.25, 0.3) is 5.56 Å². The van der Waals surface area contributed by atoms with Crippen molar-refractivity contribution in [3.8, 4) is 5.69 Å². The number of carbonyl (C=O) groups is 1. The van der Waals surface area contributed by atoms with E-state index in [1.165, 1.54) is 4.57 Å².